The van der Waals surface area contributed by atoms with Gasteiger partial charge in [-0.25, -0.2) is 9.37 Å². The van der Waals surface area contributed by atoms with Gasteiger partial charge in [0.1, 0.15) is 11.0 Å². The lowest BCUT2D eigenvalue weighted by molar-refractivity contribution is 0.631. The molecule has 0 fully saturated rings. The van der Waals surface area contributed by atoms with Gasteiger partial charge in [0.25, 0.3) is 0 Å². The van der Waals surface area contributed by atoms with E-state index in [1.54, 1.807) is 24.3 Å². The minimum atomic E-state index is -0.452. The average molecular weight is 275 g/mol. The van der Waals surface area contributed by atoms with Crippen LogP contribution in [0.1, 0.15) is 0 Å². The molecule has 94 valence electrons. The molecule has 19 heavy (non-hydrogen) atoms. The molecule has 0 atom stereocenters. The molecule has 2 aromatic heterocycles. The smallest absolute Gasteiger partial charge is 0.200 e. The molecular weight excluding hydrogens is 267 g/mol. The fraction of sp³-hybridized carbons (Fsp3) is 0. The summed E-state index contributed by atoms with van der Waals surface area (Å²) in [5.41, 5.74) is 0.716. The van der Waals surface area contributed by atoms with Crippen LogP contribution in [0.4, 0.5) is 4.39 Å². The second kappa shape index (κ2) is 4.48. The summed E-state index contributed by atoms with van der Waals surface area (Å²) in [4.78, 5) is 19.2. The molecule has 0 radical (unpaired) electrons. The minimum absolute atomic E-state index is 0.108. The Morgan fingerprint density at radius 1 is 1.16 bits per heavy atom. The molecule has 0 aliphatic rings. The number of nitrogens with one attached hydrogen (secondary N) is 1. The predicted octanol–water partition coefficient (Wildman–Crippen LogP) is 3.38. The number of aromatic amines is 1. The highest BCUT2D eigenvalue weighted by Crippen LogP contribution is 2.22. The van der Waals surface area contributed by atoms with Crippen LogP contribution in [0.3, 0.4) is 0 Å². The zero-order valence-electron chi connectivity index (χ0n) is 9.65. The van der Waals surface area contributed by atoms with E-state index in [0.717, 1.165) is 0 Å². The Labute approximate surface area is 112 Å². The third-order valence-corrected chi connectivity index (χ3v) is 3.20. The van der Waals surface area contributed by atoms with E-state index in [1.807, 2.05) is 0 Å². The van der Waals surface area contributed by atoms with Crippen LogP contribution in [0.2, 0.25) is 5.15 Å². The van der Waals surface area contributed by atoms with Crippen molar-refractivity contribution < 1.29 is 4.39 Å². The highest BCUT2D eigenvalue weighted by Gasteiger charge is 2.13. The maximum atomic E-state index is 13.8. The summed E-state index contributed by atoms with van der Waals surface area (Å²) in [6, 6.07) is 7.75. The summed E-state index contributed by atoms with van der Waals surface area (Å²) in [6.07, 6.45) is 2.99. The van der Waals surface area contributed by atoms with E-state index in [4.69, 9.17) is 11.6 Å². The molecule has 2 heterocycles. The van der Waals surface area contributed by atoms with Gasteiger partial charge in [0, 0.05) is 23.5 Å². The summed E-state index contributed by atoms with van der Waals surface area (Å²) in [5, 5.41) is 0.377. The number of hydrogen-bond donors (Lipinski definition) is 1. The van der Waals surface area contributed by atoms with Gasteiger partial charge < -0.3 is 4.98 Å². The first-order valence-corrected chi connectivity index (χ1v) is 5.97. The molecule has 0 amide bonds. The van der Waals surface area contributed by atoms with Crippen molar-refractivity contribution in [2.45, 2.75) is 0 Å². The average Bonchev–Trinajstić information content (AvgIpc) is 2.40. The standard InChI is InChI=1S/C14H8ClFN2O/c15-14-12-11(5-6-17-14)18-7-9(13(12)19)8-3-1-2-4-10(8)16/h1-7H,(H,18,19). The minimum Gasteiger partial charge on any atom is -0.360 e. The van der Waals surface area contributed by atoms with Crippen molar-refractivity contribution in [3.05, 3.63) is 63.9 Å². The predicted molar refractivity (Wildman–Crippen MR) is 72.8 cm³/mol. The molecule has 5 heteroatoms. The van der Waals surface area contributed by atoms with Crippen LogP contribution < -0.4 is 5.43 Å². The maximum Gasteiger partial charge on any atom is 0.200 e. The van der Waals surface area contributed by atoms with Crippen molar-refractivity contribution in [3.8, 4) is 11.1 Å². The Kier molecular flexibility index (Phi) is 2.80. The molecule has 1 N–H and O–H groups in total. The second-order valence-electron chi connectivity index (χ2n) is 4.04. The van der Waals surface area contributed by atoms with Crippen LogP contribution in [0.5, 0.6) is 0 Å². The second-order valence-corrected chi connectivity index (χ2v) is 4.39. The largest absolute Gasteiger partial charge is 0.360 e. The quantitative estimate of drug-likeness (QED) is 0.692. The third kappa shape index (κ3) is 1.90. The van der Waals surface area contributed by atoms with Gasteiger partial charge in [-0.3, -0.25) is 4.79 Å². The Morgan fingerprint density at radius 2 is 1.95 bits per heavy atom. The van der Waals surface area contributed by atoms with E-state index < -0.39 is 5.82 Å². The van der Waals surface area contributed by atoms with E-state index in [2.05, 4.69) is 9.97 Å². The molecule has 0 bridgehead atoms. The van der Waals surface area contributed by atoms with Gasteiger partial charge in [0.05, 0.1) is 10.9 Å². The van der Waals surface area contributed by atoms with Gasteiger partial charge in [-0.2, -0.15) is 0 Å². The number of fused-ring (bicyclic) bond motifs is 1. The van der Waals surface area contributed by atoms with Gasteiger partial charge in [0.15, 0.2) is 5.43 Å². The Balaban J connectivity index is 2.39. The molecule has 1 aromatic carbocycles. The summed E-state index contributed by atoms with van der Waals surface area (Å²) in [7, 11) is 0. The van der Waals surface area contributed by atoms with Crippen LogP contribution >= 0.6 is 11.6 Å². The number of halogens is 2. The number of H-pyrrole nitrogens is 1. The Bertz CT molecular complexity index is 829. The molecule has 0 unspecified atom stereocenters. The molecule has 0 saturated carbocycles. The van der Waals surface area contributed by atoms with Crippen molar-refractivity contribution in [2.75, 3.05) is 0 Å². The van der Waals surface area contributed by atoms with Gasteiger partial charge in [-0.15, -0.1) is 0 Å². The summed E-state index contributed by atoms with van der Waals surface area (Å²) < 4.78 is 13.8. The molecule has 0 spiro atoms. The normalized spacial score (nSPS) is 10.8. The molecule has 0 aliphatic heterocycles. The van der Waals surface area contributed by atoms with Crippen molar-refractivity contribution in [2.24, 2.45) is 0 Å². The lowest BCUT2D eigenvalue weighted by Crippen LogP contribution is -2.08. The topological polar surface area (TPSA) is 45.8 Å². The Morgan fingerprint density at radius 3 is 2.74 bits per heavy atom. The van der Waals surface area contributed by atoms with Crippen LogP contribution in [-0.2, 0) is 0 Å². The first-order chi connectivity index (χ1) is 9.18. The number of nitrogens with zero attached hydrogens (tertiary/aromatic N) is 1. The number of hydrogen-bond acceptors (Lipinski definition) is 2. The SMILES string of the molecule is O=c1c(-c2ccccc2F)c[nH]c2ccnc(Cl)c12. The van der Waals surface area contributed by atoms with Gasteiger partial charge >= 0.3 is 0 Å². The van der Waals surface area contributed by atoms with Gasteiger partial charge in [-0.1, -0.05) is 29.8 Å². The lowest BCUT2D eigenvalue weighted by atomic mass is 10.1. The molecule has 3 nitrogen and oxygen atoms in total. The highest BCUT2D eigenvalue weighted by molar-refractivity contribution is 6.34. The fourth-order valence-electron chi connectivity index (χ4n) is 2.00. The number of pyridine rings is 2. The highest BCUT2D eigenvalue weighted by atomic mass is 35.5. The maximum absolute atomic E-state index is 13.8. The number of aromatic nitrogens is 2. The van der Waals surface area contributed by atoms with Crippen LogP contribution in [0.15, 0.2) is 47.5 Å². The van der Waals surface area contributed by atoms with Crippen molar-refractivity contribution >= 4 is 22.5 Å². The summed E-state index contributed by atoms with van der Waals surface area (Å²) >= 11 is 5.94. The number of benzene rings is 1. The van der Waals surface area contributed by atoms with E-state index in [0.29, 0.717) is 5.52 Å². The zero-order chi connectivity index (χ0) is 13.4. The molecule has 0 saturated heterocycles. The van der Waals surface area contributed by atoms with Gasteiger partial charge in [0.2, 0.25) is 0 Å². The van der Waals surface area contributed by atoms with Crippen molar-refractivity contribution in [1.82, 2.24) is 9.97 Å². The van der Waals surface area contributed by atoms with E-state index in [9.17, 15) is 9.18 Å². The summed E-state index contributed by atoms with van der Waals surface area (Å²) in [6.45, 7) is 0. The van der Waals surface area contributed by atoms with Crippen LogP contribution in [-0.4, -0.2) is 9.97 Å². The van der Waals surface area contributed by atoms with E-state index in [1.165, 1.54) is 18.5 Å². The molecule has 3 aromatic rings. The monoisotopic (exact) mass is 274 g/mol. The van der Waals surface area contributed by atoms with Crippen LogP contribution in [0, 0.1) is 5.82 Å². The van der Waals surface area contributed by atoms with E-state index >= 15 is 0 Å². The van der Waals surface area contributed by atoms with Crippen molar-refractivity contribution in [1.29, 1.82) is 0 Å². The van der Waals surface area contributed by atoms with Gasteiger partial charge in [-0.05, 0) is 12.1 Å². The first kappa shape index (κ1) is 11.9. The lowest BCUT2D eigenvalue weighted by Gasteiger charge is -2.05. The summed E-state index contributed by atoms with van der Waals surface area (Å²) in [5.74, 6) is -0.452. The van der Waals surface area contributed by atoms with E-state index in [-0.39, 0.29) is 27.1 Å². The molecular formula is C14H8ClFN2O. The van der Waals surface area contributed by atoms with Crippen molar-refractivity contribution in [3.63, 3.8) is 0 Å². The zero-order valence-corrected chi connectivity index (χ0v) is 10.4. The molecule has 3 rings (SSSR count). The van der Waals surface area contributed by atoms with Crippen LogP contribution in [0.25, 0.3) is 22.0 Å². The fourth-order valence-corrected chi connectivity index (χ4v) is 2.25. The molecule has 0 aliphatic carbocycles. The number of rotatable bonds is 1. The Hall–Kier alpha value is -2.20. The third-order valence-electron chi connectivity index (χ3n) is 2.91. The first-order valence-electron chi connectivity index (χ1n) is 5.59.